The van der Waals surface area contributed by atoms with Crippen molar-refractivity contribution in [1.82, 2.24) is 0 Å². The van der Waals surface area contributed by atoms with Crippen LogP contribution in [-0.2, 0) is 11.0 Å². The van der Waals surface area contributed by atoms with Gasteiger partial charge in [-0.3, -0.25) is 0 Å². The van der Waals surface area contributed by atoms with E-state index in [1.807, 2.05) is 18.2 Å². The number of benzene rings is 1. The third-order valence-corrected chi connectivity index (χ3v) is 9.03. The fourth-order valence-electron chi connectivity index (χ4n) is 1.94. The van der Waals surface area contributed by atoms with Gasteiger partial charge >= 0.3 is 0 Å². The third kappa shape index (κ3) is 5.11. The molecule has 22 heavy (non-hydrogen) atoms. The highest BCUT2D eigenvalue weighted by molar-refractivity contribution is 6.74. The molecule has 3 nitrogen and oxygen atoms in total. The van der Waals surface area contributed by atoms with Crippen molar-refractivity contribution in [3.63, 3.8) is 0 Å². The molecule has 0 spiro atoms. The van der Waals surface area contributed by atoms with Gasteiger partial charge in [0.15, 0.2) is 8.32 Å². The lowest BCUT2D eigenvalue weighted by Gasteiger charge is -2.36. The average molecular weight is 325 g/mol. The van der Waals surface area contributed by atoms with E-state index in [0.717, 1.165) is 11.3 Å². The molecular weight excluding hydrogens is 292 g/mol. The summed E-state index contributed by atoms with van der Waals surface area (Å²) in [6.45, 7) is 16.7. The van der Waals surface area contributed by atoms with Crippen molar-refractivity contribution < 1.29 is 14.3 Å². The summed E-state index contributed by atoms with van der Waals surface area (Å²) in [4.78, 5) is 0. The second-order valence-electron chi connectivity index (χ2n) is 7.64. The van der Waals surface area contributed by atoms with Crippen LogP contribution in [-0.4, -0.2) is 26.6 Å². The van der Waals surface area contributed by atoms with E-state index in [2.05, 4.69) is 47.7 Å². The Labute approximate surface area is 136 Å². The summed E-state index contributed by atoms with van der Waals surface area (Å²) in [5.74, 6) is 1.25. The Morgan fingerprint density at radius 3 is 2.27 bits per heavy atom. The lowest BCUT2D eigenvalue weighted by Crippen LogP contribution is -2.41. The van der Waals surface area contributed by atoms with Crippen LogP contribution in [0.4, 0.5) is 0 Å². The molecule has 0 aliphatic carbocycles. The van der Waals surface area contributed by atoms with Crippen LogP contribution in [0.15, 0.2) is 18.2 Å². The van der Waals surface area contributed by atoms with Gasteiger partial charge in [0.2, 0.25) is 0 Å². The van der Waals surface area contributed by atoms with Gasteiger partial charge in [0.1, 0.15) is 12.4 Å². The first-order chi connectivity index (χ1) is 10.1. The zero-order valence-electron chi connectivity index (χ0n) is 15.2. The summed E-state index contributed by atoms with van der Waals surface area (Å²) in [6, 6.07) is 5.93. The summed E-state index contributed by atoms with van der Waals surface area (Å²) < 4.78 is 12.1. The molecule has 0 fully saturated rings. The fourth-order valence-corrected chi connectivity index (χ4v) is 2.97. The maximum Gasteiger partial charge on any atom is 0.192 e. The number of rotatable bonds is 7. The van der Waals surface area contributed by atoms with Gasteiger partial charge in [0.25, 0.3) is 0 Å². The Morgan fingerprint density at radius 2 is 1.77 bits per heavy atom. The first-order valence-corrected chi connectivity index (χ1v) is 11.0. The summed E-state index contributed by atoms with van der Waals surface area (Å²) in [6.07, 6.45) is 0. The number of hydrogen-bond acceptors (Lipinski definition) is 3. The number of ether oxygens (including phenoxy) is 1. The highest BCUT2D eigenvalue weighted by atomic mass is 28.4. The second kappa shape index (κ2) is 7.62. The third-order valence-electron chi connectivity index (χ3n) is 4.49. The summed E-state index contributed by atoms with van der Waals surface area (Å²) >= 11 is 0. The lowest BCUT2D eigenvalue weighted by atomic mass is 10.0. The zero-order chi connectivity index (χ0) is 17.0. The minimum atomic E-state index is -1.72. The average Bonchev–Trinajstić information content (AvgIpc) is 2.41. The largest absolute Gasteiger partial charge is 0.491 e. The highest BCUT2D eigenvalue weighted by Crippen LogP contribution is 2.36. The van der Waals surface area contributed by atoms with Gasteiger partial charge in [-0.15, -0.1) is 0 Å². The Morgan fingerprint density at radius 1 is 1.14 bits per heavy atom. The molecule has 1 N–H and O–H groups in total. The number of aliphatic hydroxyl groups is 1. The van der Waals surface area contributed by atoms with Crippen LogP contribution >= 0.6 is 0 Å². The highest BCUT2D eigenvalue weighted by Gasteiger charge is 2.36. The molecule has 0 atom stereocenters. The maximum absolute atomic E-state index is 9.28. The predicted octanol–water partition coefficient (Wildman–Crippen LogP) is 4.70. The molecule has 0 aromatic heterocycles. The van der Waals surface area contributed by atoms with Crippen LogP contribution in [0.2, 0.25) is 18.1 Å². The van der Waals surface area contributed by atoms with Crippen molar-refractivity contribution in [2.24, 2.45) is 0 Å². The summed E-state index contributed by atoms with van der Waals surface area (Å²) in [5, 5.41) is 9.50. The standard InChI is InChI=1S/C18H32O3Si/c1-14(2)16-9-8-15(13-19)12-17(16)20-10-11-21-22(6,7)18(3,4)5/h8-9,12,14,19H,10-11,13H2,1-7H3. The molecule has 0 heterocycles. The van der Waals surface area contributed by atoms with E-state index in [9.17, 15) is 5.11 Å². The monoisotopic (exact) mass is 324 g/mol. The quantitative estimate of drug-likeness (QED) is 0.583. The van der Waals surface area contributed by atoms with Gasteiger partial charge < -0.3 is 14.3 Å². The molecule has 0 aliphatic heterocycles. The SMILES string of the molecule is CC(C)c1ccc(CO)cc1OCCO[Si](C)(C)C(C)(C)C. The van der Waals surface area contributed by atoms with E-state index in [-0.39, 0.29) is 11.6 Å². The normalized spacial score (nSPS) is 12.8. The molecular formula is C18H32O3Si. The molecule has 0 radical (unpaired) electrons. The van der Waals surface area contributed by atoms with Crippen LogP contribution in [0.5, 0.6) is 5.75 Å². The molecule has 4 heteroatoms. The van der Waals surface area contributed by atoms with E-state index in [0.29, 0.717) is 19.1 Å². The van der Waals surface area contributed by atoms with Crippen molar-refractivity contribution >= 4 is 8.32 Å². The minimum Gasteiger partial charge on any atom is -0.491 e. The smallest absolute Gasteiger partial charge is 0.192 e. The Hall–Kier alpha value is -0.843. The van der Waals surface area contributed by atoms with Crippen LogP contribution in [0, 0.1) is 0 Å². The Kier molecular flexibility index (Phi) is 6.65. The second-order valence-corrected chi connectivity index (χ2v) is 12.5. The molecule has 126 valence electrons. The fraction of sp³-hybridized carbons (Fsp3) is 0.667. The first kappa shape index (κ1) is 19.2. The Bertz CT molecular complexity index is 476. The summed E-state index contributed by atoms with van der Waals surface area (Å²) in [7, 11) is -1.72. The molecule has 0 unspecified atom stereocenters. The van der Waals surface area contributed by atoms with Crippen LogP contribution < -0.4 is 4.74 Å². The van der Waals surface area contributed by atoms with Crippen molar-refractivity contribution in [1.29, 1.82) is 0 Å². The van der Waals surface area contributed by atoms with E-state index in [4.69, 9.17) is 9.16 Å². The van der Waals surface area contributed by atoms with E-state index < -0.39 is 8.32 Å². The van der Waals surface area contributed by atoms with E-state index in [1.54, 1.807) is 0 Å². The minimum absolute atomic E-state index is 0.0369. The topological polar surface area (TPSA) is 38.7 Å². The molecule has 0 amide bonds. The lowest BCUT2D eigenvalue weighted by molar-refractivity contribution is 0.201. The van der Waals surface area contributed by atoms with Crippen LogP contribution in [0.25, 0.3) is 0 Å². The molecule has 1 rings (SSSR count). The van der Waals surface area contributed by atoms with Gasteiger partial charge in [-0.05, 0) is 41.2 Å². The van der Waals surface area contributed by atoms with Crippen molar-refractivity contribution in [2.75, 3.05) is 13.2 Å². The molecule has 0 bridgehead atoms. The van der Waals surface area contributed by atoms with Gasteiger partial charge in [-0.25, -0.2) is 0 Å². The van der Waals surface area contributed by atoms with Gasteiger partial charge in [-0.1, -0.05) is 46.8 Å². The predicted molar refractivity (Wildman–Crippen MR) is 95.1 cm³/mol. The van der Waals surface area contributed by atoms with Crippen LogP contribution in [0.1, 0.15) is 51.7 Å². The maximum atomic E-state index is 9.28. The van der Waals surface area contributed by atoms with Gasteiger partial charge in [0, 0.05) is 0 Å². The molecule has 1 aromatic rings. The summed E-state index contributed by atoms with van der Waals surface area (Å²) in [5.41, 5.74) is 2.05. The molecule has 0 saturated heterocycles. The number of hydrogen-bond donors (Lipinski definition) is 1. The molecule has 1 aromatic carbocycles. The van der Waals surface area contributed by atoms with Crippen molar-refractivity contribution in [3.05, 3.63) is 29.3 Å². The van der Waals surface area contributed by atoms with Gasteiger partial charge in [0.05, 0.1) is 13.2 Å². The molecule has 0 saturated carbocycles. The van der Waals surface area contributed by atoms with E-state index in [1.165, 1.54) is 5.56 Å². The van der Waals surface area contributed by atoms with E-state index >= 15 is 0 Å². The first-order valence-electron chi connectivity index (χ1n) is 8.09. The van der Waals surface area contributed by atoms with Crippen molar-refractivity contribution in [2.45, 2.75) is 65.3 Å². The number of aliphatic hydroxyl groups excluding tert-OH is 1. The van der Waals surface area contributed by atoms with Crippen molar-refractivity contribution in [3.8, 4) is 5.75 Å². The Balaban J connectivity index is 2.65. The molecule has 0 aliphatic rings. The van der Waals surface area contributed by atoms with Crippen LogP contribution in [0.3, 0.4) is 0 Å². The van der Waals surface area contributed by atoms with Gasteiger partial charge in [-0.2, -0.15) is 0 Å². The zero-order valence-corrected chi connectivity index (χ0v) is 16.2.